The maximum Gasteiger partial charge on any atom is 0.123 e. The Labute approximate surface area is 196 Å². The zero-order chi connectivity index (χ0) is 20.8. The number of para-hydroxylation sites is 2. The number of fused-ring (bicyclic) bond motifs is 3. The maximum atomic E-state index is 6.10. The third kappa shape index (κ3) is 3.54. The number of hydrogen-bond acceptors (Lipinski definition) is 2. The summed E-state index contributed by atoms with van der Waals surface area (Å²) >= 11 is 0. The minimum atomic E-state index is 0. The van der Waals surface area contributed by atoms with E-state index in [4.69, 9.17) is 9.40 Å². The number of benzene rings is 3. The molecule has 0 spiro atoms. The van der Waals surface area contributed by atoms with Gasteiger partial charge in [-0.3, -0.25) is 4.98 Å². The van der Waals surface area contributed by atoms with Crippen molar-refractivity contribution in [3.05, 3.63) is 84.2 Å². The molecular weight excluding hydrogens is 561 g/mol. The van der Waals surface area contributed by atoms with Crippen LogP contribution in [-0.2, 0) is 20.1 Å². The molecule has 0 saturated heterocycles. The second kappa shape index (κ2) is 8.45. The number of furan rings is 1. The monoisotopic (exact) mass is 586 g/mol. The van der Waals surface area contributed by atoms with Gasteiger partial charge in [0.1, 0.15) is 5.58 Å². The largest absolute Gasteiger partial charge is 0.476 e. The summed E-state index contributed by atoms with van der Waals surface area (Å²) in [4.78, 5) is 4.79. The Balaban J connectivity index is 0.00000231. The van der Waals surface area contributed by atoms with E-state index in [1.54, 1.807) is 0 Å². The minimum absolute atomic E-state index is 0. The molecule has 0 bridgehead atoms. The van der Waals surface area contributed by atoms with Crippen LogP contribution in [-0.4, -0.2) is 9.55 Å². The molecule has 5 aromatic rings. The molecule has 1 radical (unpaired) electrons. The first kappa shape index (κ1) is 21.5. The fourth-order valence-electron chi connectivity index (χ4n) is 4.35. The molecule has 0 saturated carbocycles. The predicted octanol–water partition coefficient (Wildman–Crippen LogP) is 7.48. The summed E-state index contributed by atoms with van der Waals surface area (Å²) in [7, 11) is 0. The van der Waals surface area contributed by atoms with Gasteiger partial charge in [-0.2, -0.15) is 0 Å². The maximum absolute atomic E-state index is 6.10. The van der Waals surface area contributed by atoms with Gasteiger partial charge in [-0.25, -0.2) is 0 Å². The Hall–Kier alpha value is -2.68. The fraction of sp³-hybridized carbons (Fsp3) is 0.222. The summed E-state index contributed by atoms with van der Waals surface area (Å²) in [6.07, 6.45) is 3.95. The molecular formula is C27H25IrN2O-. The number of rotatable bonds is 4. The minimum Gasteiger partial charge on any atom is -0.476 e. The van der Waals surface area contributed by atoms with E-state index >= 15 is 0 Å². The smallest absolute Gasteiger partial charge is 0.123 e. The average Bonchev–Trinajstić information content (AvgIpc) is 3.37. The Bertz CT molecular complexity index is 1330. The number of nitrogens with zero attached hydrogens (tertiary/aromatic N) is 2. The number of hydrogen-bond donors (Lipinski definition) is 0. The molecule has 2 aromatic heterocycles. The molecule has 0 amide bonds. The molecule has 0 atom stereocenters. The molecule has 0 aliphatic rings. The van der Waals surface area contributed by atoms with Gasteiger partial charge in [0.25, 0.3) is 0 Å². The third-order valence-corrected chi connectivity index (χ3v) is 5.78. The molecule has 0 unspecified atom stereocenters. The zero-order valence-corrected chi connectivity index (χ0v) is 20.5. The van der Waals surface area contributed by atoms with Crippen LogP contribution in [0.25, 0.3) is 39.0 Å². The van der Waals surface area contributed by atoms with Crippen LogP contribution in [0.1, 0.15) is 50.7 Å². The van der Waals surface area contributed by atoms with E-state index in [0.717, 1.165) is 33.3 Å². The van der Waals surface area contributed by atoms with E-state index in [1.165, 1.54) is 16.8 Å². The van der Waals surface area contributed by atoms with Crippen LogP contribution in [0.3, 0.4) is 0 Å². The summed E-state index contributed by atoms with van der Waals surface area (Å²) in [5.74, 6) is 1.70. The Morgan fingerprint density at radius 2 is 1.58 bits per heavy atom. The fourth-order valence-corrected chi connectivity index (χ4v) is 4.35. The summed E-state index contributed by atoms with van der Waals surface area (Å²) in [5, 5.41) is 2.16. The van der Waals surface area contributed by atoms with Gasteiger partial charge in [-0.1, -0.05) is 81.1 Å². The SMILES string of the molecule is CC(C)c1cccc(C(C)C)c1-n1ccnc1-c1[c-]ccc2oc3ccccc3c12.[Ir]. The van der Waals surface area contributed by atoms with Crippen LogP contribution < -0.4 is 0 Å². The first-order chi connectivity index (χ1) is 14.6. The molecule has 5 rings (SSSR count). The molecule has 3 nitrogen and oxygen atoms in total. The van der Waals surface area contributed by atoms with Gasteiger partial charge in [0.15, 0.2) is 0 Å². The van der Waals surface area contributed by atoms with Crippen molar-refractivity contribution < 1.29 is 24.5 Å². The molecule has 0 fully saturated rings. The normalized spacial score (nSPS) is 11.5. The number of imidazole rings is 1. The molecule has 4 heteroatoms. The van der Waals surface area contributed by atoms with Crippen LogP contribution >= 0.6 is 0 Å². The van der Waals surface area contributed by atoms with Crippen molar-refractivity contribution in [3.63, 3.8) is 0 Å². The molecule has 3 aromatic carbocycles. The topological polar surface area (TPSA) is 31.0 Å². The van der Waals surface area contributed by atoms with E-state index in [0.29, 0.717) is 11.8 Å². The average molecular weight is 586 g/mol. The Kier molecular flexibility index (Phi) is 5.87. The van der Waals surface area contributed by atoms with E-state index in [1.807, 2.05) is 36.5 Å². The predicted molar refractivity (Wildman–Crippen MR) is 123 cm³/mol. The van der Waals surface area contributed by atoms with Gasteiger partial charge < -0.3 is 8.98 Å². The molecule has 31 heavy (non-hydrogen) atoms. The Morgan fingerprint density at radius 1 is 0.871 bits per heavy atom. The van der Waals surface area contributed by atoms with Crippen molar-refractivity contribution in [2.24, 2.45) is 0 Å². The van der Waals surface area contributed by atoms with Crippen molar-refractivity contribution in [3.8, 4) is 17.1 Å². The summed E-state index contributed by atoms with van der Waals surface area (Å²) in [6, 6.07) is 22.2. The van der Waals surface area contributed by atoms with Crippen LogP contribution in [0.2, 0.25) is 0 Å². The quantitative estimate of drug-likeness (QED) is 0.205. The summed E-state index contributed by atoms with van der Waals surface area (Å²) < 4.78 is 8.34. The number of aromatic nitrogens is 2. The van der Waals surface area contributed by atoms with Crippen molar-refractivity contribution in [2.45, 2.75) is 39.5 Å². The second-order valence-electron chi connectivity index (χ2n) is 8.41. The van der Waals surface area contributed by atoms with E-state index in [2.05, 4.69) is 68.8 Å². The summed E-state index contributed by atoms with van der Waals surface area (Å²) in [6.45, 7) is 8.98. The third-order valence-electron chi connectivity index (χ3n) is 5.78. The van der Waals surface area contributed by atoms with E-state index in [9.17, 15) is 0 Å². The van der Waals surface area contributed by atoms with Gasteiger partial charge in [-0.15, -0.1) is 12.1 Å². The van der Waals surface area contributed by atoms with Gasteiger partial charge in [0, 0.05) is 38.2 Å². The van der Waals surface area contributed by atoms with Crippen molar-refractivity contribution in [1.29, 1.82) is 0 Å². The molecule has 159 valence electrons. The Morgan fingerprint density at radius 3 is 2.29 bits per heavy atom. The van der Waals surface area contributed by atoms with Crippen LogP contribution in [0.4, 0.5) is 0 Å². The van der Waals surface area contributed by atoms with Gasteiger partial charge in [0.05, 0.1) is 11.4 Å². The van der Waals surface area contributed by atoms with Gasteiger partial charge >= 0.3 is 0 Å². The zero-order valence-electron chi connectivity index (χ0n) is 18.1. The summed E-state index contributed by atoms with van der Waals surface area (Å²) in [5.41, 5.74) is 6.59. The standard InChI is InChI=1S/C27H25N2O.Ir/c1-17(2)19-10-7-11-20(18(3)4)26(19)29-16-15-28-27(29)22-12-8-14-24-25(22)21-9-5-6-13-23(21)30-24;/h5-11,13-18H,1-4H3;/q-1;. The van der Waals surface area contributed by atoms with Gasteiger partial charge in [-0.05, 0) is 34.4 Å². The first-order valence-corrected chi connectivity index (χ1v) is 10.5. The van der Waals surface area contributed by atoms with Crippen molar-refractivity contribution in [2.75, 3.05) is 0 Å². The van der Waals surface area contributed by atoms with E-state index in [-0.39, 0.29) is 20.1 Å². The van der Waals surface area contributed by atoms with Crippen LogP contribution in [0.5, 0.6) is 0 Å². The molecule has 0 N–H and O–H groups in total. The molecule has 0 aliphatic carbocycles. The van der Waals surface area contributed by atoms with Gasteiger partial charge in [0.2, 0.25) is 0 Å². The van der Waals surface area contributed by atoms with Crippen molar-refractivity contribution >= 4 is 21.9 Å². The second-order valence-corrected chi connectivity index (χ2v) is 8.41. The van der Waals surface area contributed by atoms with Crippen molar-refractivity contribution in [1.82, 2.24) is 9.55 Å². The van der Waals surface area contributed by atoms with Crippen LogP contribution in [0.15, 0.2) is 71.4 Å². The first-order valence-electron chi connectivity index (χ1n) is 10.5. The van der Waals surface area contributed by atoms with Crippen LogP contribution in [0, 0.1) is 6.07 Å². The molecule has 0 aliphatic heterocycles. The van der Waals surface area contributed by atoms with E-state index < -0.39 is 0 Å². The molecule has 2 heterocycles.